The second-order valence-corrected chi connectivity index (χ2v) is 4.84. The van der Waals surface area contributed by atoms with Crippen molar-refractivity contribution in [2.75, 3.05) is 6.54 Å². The van der Waals surface area contributed by atoms with Crippen LogP contribution in [0.4, 0.5) is 0 Å². The number of rotatable bonds is 5. The maximum absolute atomic E-state index is 3.59. The number of nitrogens with one attached hydrogen (secondary N) is 1. The van der Waals surface area contributed by atoms with Crippen molar-refractivity contribution in [3.63, 3.8) is 0 Å². The third-order valence-electron chi connectivity index (χ3n) is 2.82. The minimum absolute atomic E-state index is 0.546. The van der Waals surface area contributed by atoms with Crippen molar-refractivity contribution in [2.45, 2.75) is 40.2 Å². The Morgan fingerprint density at radius 1 is 1.43 bits per heavy atom. The van der Waals surface area contributed by atoms with Crippen molar-refractivity contribution in [3.8, 4) is 0 Å². The molecule has 1 nitrogen and oxygen atoms in total. The van der Waals surface area contributed by atoms with Crippen LogP contribution in [0.2, 0.25) is 0 Å². The molecule has 0 bridgehead atoms. The monoisotopic (exact) mass is 211 g/mol. The fraction of sp³-hybridized carbons (Fsp3) is 0.667. The van der Waals surface area contributed by atoms with Crippen molar-refractivity contribution >= 4 is 11.3 Å². The fourth-order valence-corrected chi connectivity index (χ4v) is 2.85. The quantitative estimate of drug-likeness (QED) is 0.782. The fourth-order valence-electron chi connectivity index (χ4n) is 1.71. The highest BCUT2D eigenvalue weighted by Gasteiger charge is 2.19. The summed E-state index contributed by atoms with van der Waals surface area (Å²) in [5.41, 5.74) is 1.43. The van der Waals surface area contributed by atoms with Gasteiger partial charge in [0.25, 0.3) is 0 Å². The van der Waals surface area contributed by atoms with Gasteiger partial charge >= 0.3 is 0 Å². The second kappa shape index (κ2) is 5.52. The predicted molar refractivity (Wildman–Crippen MR) is 64.9 cm³/mol. The van der Waals surface area contributed by atoms with Crippen LogP contribution in [0.1, 0.15) is 43.7 Å². The van der Waals surface area contributed by atoms with Gasteiger partial charge in [-0.3, -0.25) is 0 Å². The van der Waals surface area contributed by atoms with Gasteiger partial charge in [-0.05, 0) is 36.4 Å². The molecule has 1 rings (SSSR count). The lowest BCUT2D eigenvalue weighted by Crippen LogP contribution is -2.26. The summed E-state index contributed by atoms with van der Waals surface area (Å²) >= 11 is 1.88. The van der Waals surface area contributed by atoms with E-state index in [2.05, 4.69) is 44.5 Å². The Labute approximate surface area is 91.5 Å². The van der Waals surface area contributed by atoms with E-state index in [-0.39, 0.29) is 0 Å². The largest absolute Gasteiger partial charge is 0.309 e. The lowest BCUT2D eigenvalue weighted by molar-refractivity contribution is 0.388. The molecule has 2 atom stereocenters. The number of aryl methyl sites for hydroxylation is 1. The summed E-state index contributed by atoms with van der Waals surface area (Å²) < 4.78 is 0. The van der Waals surface area contributed by atoms with E-state index in [1.807, 2.05) is 11.3 Å². The van der Waals surface area contributed by atoms with Crippen LogP contribution >= 0.6 is 11.3 Å². The number of thiophene rings is 1. The predicted octanol–water partition coefficient (Wildman–Crippen LogP) is 3.75. The van der Waals surface area contributed by atoms with E-state index in [0.717, 1.165) is 6.54 Å². The SMILES string of the molecule is CCNC(c1sccc1C)C(C)CC. The molecule has 1 heterocycles. The van der Waals surface area contributed by atoms with Crippen LogP contribution in [0.15, 0.2) is 11.4 Å². The molecule has 0 aromatic carbocycles. The smallest absolute Gasteiger partial charge is 0.0443 e. The molecule has 2 unspecified atom stereocenters. The Kier molecular flexibility index (Phi) is 4.63. The third kappa shape index (κ3) is 2.58. The van der Waals surface area contributed by atoms with E-state index in [1.165, 1.54) is 16.9 Å². The summed E-state index contributed by atoms with van der Waals surface area (Å²) in [7, 11) is 0. The summed E-state index contributed by atoms with van der Waals surface area (Å²) in [5, 5.41) is 5.78. The van der Waals surface area contributed by atoms with Gasteiger partial charge in [-0.15, -0.1) is 11.3 Å². The molecule has 1 aromatic rings. The van der Waals surface area contributed by atoms with Crippen molar-refractivity contribution in [3.05, 3.63) is 21.9 Å². The lowest BCUT2D eigenvalue weighted by atomic mass is 9.96. The summed E-state index contributed by atoms with van der Waals surface area (Å²) in [5.74, 6) is 0.715. The van der Waals surface area contributed by atoms with Gasteiger partial charge in [0.05, 0.1) is 0 Å². The zero-order chi connectivity index (χ0) is 10.6. The summed E-state index contributed by atoms with van der Waals surface area (Å²) in [6.45, 7) is 10.0. The molecule has 0 saturated carbocycles. The van der Waals surface area contributed by atoms with Gasteiger partial charge in [0, 0.05) is 10.9 Å². The molecule has 14 heavy (non-hydrogen) atoms. The first-order chi connectivity index (χ1) is 6.70. The minimum atomic E-state index is 0.546. The third-order valence-corrected chi connectivity index (χ3v) is 3.92. The maximum Gasteiger partial charge on any atom is 0.0443 e. The molecule has 0 fully saturated rings. The Balaban J connectivity index is 2.82. The summed E-state index contributed by atoms with van der Waals surface area (Å²) in [6.07, 6.45) is 1.23. The highest BCUT2D eigenvalue weighted by atomic mass is 32.1. The average molecular weight is 211 g/mol. The van der Waals surface area contributed by atoms with E-state index >= 15 is 0 Å². The molecule has 80 valence electrons. The molecule has 0 aliphatic rings. The molecule has 0 spiro atoms. The second-order valence-electron chi connectivity index (χ2n) is 3.89. The topological polar surface area (TPSA) is 12.0 Å². The average Bonchev–Trinajstić information content (AvgIpc) is 2.60. The molecule has 2 heteroatoms. The van der Waals surface area contributed by atoms with Gasteiger partial charge in [0.1, 0.15) is 0 Å². The van der Waals surface area contributed by atoms with Gasteiger partial charge in [-0.1, -0.05) is 27.2 Å². The Hall–Kier alpha value is -0.340. The van der Waals surface area contributed by atoms with Gasteiger partial charge in [-0.2, -0.15) is 0 Å². The zero-order valence-corrected chi connectivity index (χ0v) is 10.4. The van der Waals surface area contributed by atoms with E-state index in [4.69, 9.17) is 0 Å². The number of hydrogen-bond donors (Lipinski definition) is 1. The van der Waals surface area contributed by atoms with Crippen LogP contribution in [-0.2, 0) is 0 Å². The highest BCUT2D eigenvalue weighted by Crippen LogP contribution is 2.30. The molecule has 0 aliphatic carbocycles. The van der Waals surface area contributed by atoms with Crippen molar-refractivity contribution in [2.24, 2.45) is 5.92 Å². The van der Waals surface area contributed by atoms with Crippen LogP contribution in [0, 0.1) is 12.8 Å². The first kappa shape index (κ1) is 11.7. The zero-order valence-electron chi connectivity index (χ0n) is 9.63. The van der Waals surface area contributed by atoms with Crippen LogP contribution in [0.5, 0.6) is 0 Å². The van der Waals surface area contributed by atoms with E-state index in [0.29, 0.717) is 12.0 Å². The molecule has 1 aromatic heterocycles. The lowest BCUT2D eigenvalue weighted by Gasteiger charge is -2.23. The first-order valence-electron chi connectivity index (χ1n) is 5.48. The molecule has 0 amide bonds. The van der Waals surface area contributed by atoms with E-state index in [9.17, 15) is 0 Å². The summed E-state index contributed by atoms with van der Waals surface area (Å²) in [6, 6.07) is 2.76. The maximum atomic E-state index is 3.59. The minimum Gasteiger partial charge on any atom is -0.309 e. The highest BCUT2D eigenvalue weighted by molar-refractivity contribution is 7.10. The van der Waals surface area contributed by atoms with Gasteiger partial charge < -0.3 is 5.32 Å². The standard InChI is InChI=1S/C12H21NS/c1-5-9(3)11(13-6-2)12-10(4)7-8-14-12/h7-9,11,13H,5-6H2,1-4H3. The Bertz CT molecular complexity index is 267. The number of hydrogen-bond acceptors (Lipinski definition) is 2. The first-order valence-corrected chi connectivity index (χ1v) is 6.36. The van der Waals surface area contributed by atoms with E-state index in [1.54, 1.807) is 0 Å². The van der Waals surface area contributed by atoms with Crippen LogP contribution in [0.25, 0.3) is 0 Å². The van der Waals surface area contributed by atoms with Crippen molar-refractivity contribution in [1.29, 1.82) is 0 Å². The Morgan fingerprint density at radius 2 is 2.14 bits per heavy atom. The van der Waals surface area contributed by atoms with Crippen LogP contribution < -0.4 is 5.32 Å². The molecular weight excluding hydrogens is 190 g/mol. The van der Waals surface area contributed by atoms with Crippen molar-refractivity contribution < 1.29 is 0 Å². The van der Waals surface area contributed by atoms with Crippen LogP contribution in [-0.4, -0.2) is 6.54 Å². The molecule has 0 aliphatic heterocycles. The molecule has 0 radical (unpaired) electrons. The normalized spacial score (nSPS) is 15.4. The molecule has 0 saturated heterocycles. The van der Waals surface area contributed by atoms with Crippen molar-refractivity contribution in [1.82, 2.24) is 5.32 Å². The van der Waals surface area contributed by atoms with Crippen LogP contribution in [0.3, 0.4) is 0 Å². The van der Waals surface area contributed by atoms with E-state index < -0.39 is 0 Å². The van der Waals surface area contributed by atoms with Gasteiger partial charge in [0.2, 0.25) is 0 Å². The van der Waals surface area contributed by atoms with Gasteiger partial charge in [0.15, 0.2) is 0 Å². The Morgan fingerprint density at radius 3 is 2.57 bits per heavy atom. The molecule has 1 N–H and O–H groups in total. The summed E-state index contributed by atoms with van der Waals surface area (Å²) in [4.78, 5) is 1.52. The van der Waals surface area contributed by atoms with Gasteiger partial charge in [-0.25, -0.2) is 0 Å². The molecular formula is C12H21NS.